The summed E-state index contributed by atoms with van der Waals surface area (Å²) in [7, 11) is 2.94. The predicted molar refractivity (Wildman–Crippen MR) is 149 cm³/mol. The number of fused-ring (bicyclic) bond motifs is 3. The van der Waals surface area contributed by atoms with Gasteiger partial charge in [0.05, 0.1) is 17.2 Å². The van der Waals surface area contributed by atoms with Crippen LogP contribution in [0.5, 0.6) is 5.75 Å². The van der Waals surface area contributed by atoms with Crippen molar-refractivity contribution in [2.45, 2.75) is 64.9 Å². The van der Waals surface area contributed by atoms with Gasteiger partial charge in [0.2, 0.25) is 5.78 Å². The largest absolute Gasteiger partial charge is 0.510 e. The smallest absolute Gasteiger partial charge is 0.417 e. The Kier molecular flexibility index (Phi) is 8.04. The number of benzene rings is 1. The number of aromatic hydroxyl groups is 1. The number of aliphatic hydroxyl groups is 3. The maximum Gasteiger partial charge on any atom is 0.417 e. The van der Waals surface area contributed by atoms with Crippen molar-refractivity contribution in [2.75, 3.05) is 27.2 Å². The van der Waals surface area contributed by atoms with Crippen molar-refractivity contribution < 1.29 is 48.0 Å². The second-order valence-electron chi connectivity index (χ2n) is 13.1. The highest BCUT2D eigenvalue weighted by atomic mass is 19.4. The summed E-state index contributed by atoms with van der Waals surface area (Å²) in [4.78, 5) is 42.5. The molecule has 0 saturated heterocycles. The first-order valence-electron chi connectivity index (χ1n) is 14.0. The number of nitrogens with two attached hydrogens (primary N) is 1. The van der Waals surface area contributed by atoms with Crippen LogP contribution >= 0.6 is 0 Å². The molecule has 1 aromatic rings. The summed E-state index contributed by atoms with van der Waals surface area (Å²) in [5.74, 6) is -9.02. The average molecular weight is 610 g/mol. The third-order valence-electron chi connectivity index (χ3n) is 8.63. The Hall–Kier alpha value is -3.42. The topological polar surface area (TPSA) is 165 Å². The van der Waals surface area contributed by atoms with Crippen LogP contribution in [-0.4, -0.2) is 86.5 Å². The molecule has 0 aromatic heterocycles. The Bertz CT molecular complexity index is 1460. The molecule has 236 valence electrons. The minimum Gasteiger partial charge on any atom is -0.510 e. The fourth-order valence-corrected chi connectivity index (χ4v) is 7.06. The summed E-state index contributed by atoms with van der Waals surface area (Å²) in [5, 5.41) is 44.8. The zero-order valence-corrected chi connectivity index (χ0v) is 25.0. The summed E-state index contributed by atoms with van der Waals surface area (Å²) in [6, 6.07) is -0.342. The fraction of sp³-hybridized carbons (Fsp3) is 0.567. The van der Waals surface area contributed by atoms with Gasteiger partial charge in [-0.3, -0.25) is 24.2 Å². The summed E-state index contributed by atoms with van der Waals surface area (Å²) >= 11 is 0. The van der Waals surface area contributed by atoms with Crippen molar-refractivity contribution in [3.8, 4) is 5.75 Å². The van der Waals surface area contributed by atoms with Crippen LogP contribution < -0.4 is 5.73 Å². The van der Waals surface area contributed by atoms with Crippen LogP contribution in [0.4, 0.5) is 13.2 Å². The van der Waals surface area contributed by atoms with Crippen LogP contribution in [0.15, 0.2) is 28.7 Å². The molecular weight excluding hydrogens is 571 g/mol. The number of Topliss-reactive ketones (excluding diaryl/α,β-unsaturated/α-hetero) is 2. The number of hydrogen-bond donors (Lipinski definition) is 5. The summed E-state index contributed by atoms with van der Waals surface area (Å²) in [6.07, 6.45) is -5.66. The molecular formula is C30H38F3N3O7. The normalized spacial score (nSPS) is 26.2. The number of nitrogens with zero attached hydrogens (tertiary/aromatic N) is 2. The highest BCUT2D eigenvalue weighted by molar-refractivity contribution is 6.24. The van der Waals surface area contributed by atoms with E-state index in [0.29, 0.717) is 13.1 Å². The van der Waals surface area contributed by atoms with Crippen LogP contribution in [-0.2, 0) is 28.7 Å². The molecule has 0 heterocycles. The van der Waals surface area contributed by atoms with Crippen molar-refractivity contribution in [3.63, 3.8) is 0 Å². The van der Waals surface area contributed by atoms with Crippen LogP contribution in [0.25, 0.3) is 0 Å². The minimum atomic E-state index is -4.91. The molecule has 3 aliphatic rings. The standard InChI is InChI=1S/C30H38F3N3O7/c1-7-36(12-28(2,3)4)11-14-10-17(37)19-15(21(14)30(31,32)33)8-13-9-16-22(35(5)6)24(39)20(27(34)42)26(41)29(16,43)25(40)18(13)23(19)38/h10,13,16,22,37,39-40,43H,7-9,11-12H2,1-6H3,(H2,34,42)/t13-,16-,22-,29-/m0/s1. The molecule has 1 aromatic carbocycles. The maximum absolute atomic E-state index is 14.8. The zero-order chi connectivity index (χ0) is 32.6. The number of carbonyl (C=O) groups excluding carboxylic acids is 3. The summed E-state index contributed by atoms with van der Waals surface area (Å²) in [5.41, 5.74) is -1.64. The second kappa shape index (κ2) is 10.6. The molecule has 0 aliphatic heterocycles. The fourth-order valence-electron chi connectivity index (χ4n) is 7.06. The number of likely N-dealkylation sites (N-methyl/N-ethyl adjacent to an activating group) is 1. The summed E-state index contributed by atoms with van der Waals surface area (Å²) in [6.45, 7) is 8.40. The molecule has 4 atom stereocenters. The first-order chi connectivity index (χ1) is 19.7. The van der Waals surface area contributed by atoms with E-state index in [1.54, 1.807) is 4.90 Å². The number of phenols is 1. The van der Waals surface area contributed by atoms with Crippen molar-refractivity contribution in [1.29, 1.82) is 0 Å². The van der Waals surface area contributed by atoms with Crippen LogP contribution in [0.2, 0.25) is 0 Å². The molecule has 0 bridgehead atoms. The van der Waals surface area contributed by atoms with Crippen LogP contribution in [0.1, 0.15) is 61.2 Å². The number of amides is 1. The van der Waals surface area contributed by atoms with Crippen molar-refractivity contribution >= 4 is 17.5 Å². The predicted octanol–water partition coefficient (Wildman–Crippen LogP) is 3.01. The van der Waals surface area contributed by atoms with Gasteiger partial charge in [0.15, 0.2) is 11.4 Å². The van der Waals surface area contributed by atoms with E-state index in [2.05, 4.69) is 0 Å². The minimum absolute atomic E-state index is 0.148. The Morgan fingerprint density at radius 3 is 2.23 bits per heavy atom. The quantitative estimate of drug-likeness (QED) is 0.305. The lowest BCUT2D eigenvalue weighted by molar-refractivity contribution is -0.148. The van der Waals surface area contributed by atoms with Gasteiger partial charge in [-0.05, 0) is 62.0 Å². The molecule has 6 N–H and O–H groups in total. The van der Waals surface area contributed by atoms with Crippen molar-refractivity contribution in [2.24, 2.45) is 23.0 Å². The number of rotatable bonds is 6. The van der Waals surface area contributed by atoms with Gasteiger partial charge in [0.1, 0.15) is 22.8 Å². The van der Waals surface area contributed by atoms with Gasteiger partial charge in [0.25, 0.3) is 5.91 Å². The molecule has 0 fully saturated rings. The SMILES string of the molecule is CCN(Cc1cc(O)c2c(c1C(F)(F)F)C[C@H]1C[C@H]3[C@H](N(C)C)C(O)=C(C(N)=O)C(=O)[C@@]3(O)C(O)=C1C2=O)CC(C)(C)C. The molecule has 10 nitrogen and oxygen atoms in total. The van der Waals surface area contributed by atoms with Crippen molar-refractivity contribution in [3.05, 3.63) is 51.0 Å². The molecule has 0 spiro atoms. The van der Waals surface area contributed by atoms with Gasteiger partial charge in [-0.1, -0.05) is 27.7 Å². The summed E-state index contributed by atoms with van der Waals surface area (Å²) < 4.78 is 44.3. The Balaban J connectivity index is 1.94. The first-order valence-corrected chi connectivity index (χ1v) is 14.0. The second-order valence-corrected chi connectivity index (χ2v) is 13.1. The number of ketones is 2. The van der Waals surface area contributed by atoms with Gasteiger partial charge in [-0.15, -0.1) is 0 Å². The number of hydrogen-bond acceptors (Lipinski definition) is 9. The molecule has 1 amide bonds. The molecule has 0 radical (unpaired) electrons. The van der Waals surface area contributed by atoms with Gasteiger partial charge in [-0.25, -0.2) is 0 Å². The maximum atomic E-state index is 14.8. The van der Waals surface area contributed by atoms with Crippen LogP contribution in [0.3, 0.4) is 0 Å². The number of alkyl halides is 3. The molecule has 0 saturated carbocycles. The lowest BCUT2D eigenvalue weighted by Gasteiger charge is -2.50. The van der Waals surface area contributed by atoms with E-state index in [1.165, 1.54) is 19.0 Å². The van der Waals surface area contributed by atoms with Crippen LogP contribution in [0, 0.1) is 17.3 Å². The zero-order valence-electron chi connectivity index (χ0n) is 25.0. The molecule has 3 aliphatic carbocycles. The number of aliphatic hydroxyl groups excluding tert-OH is 2. The highest BCUT2D eigenvalue weighted by Crippen LogP contribution is 2.54. The van der Waals surface area contributed by atoms with Gasteiger partial charge >= 0.3 is 6.18 Å². The molecule has 13 heteroatoms. The molecule has 4 rings (SSSR count). The average Bonchev–Trinajstić information content (AvgIpc) is 2.83. The van der Waals surface area contributed by atoms with E-state index in [1.807, 2.05) is 27.7 Å². The Morgan fingerprint density at radius 2 is 1.74 bits per heavy atom. The van der Waals surface area contributed by atoms with Gasteiger partial charge in [-0.2, -0.15) is 13.2 Å². The third-order valence-corrected chi connectivity index (χ3v) is 8.63. The lowest BCUT2D eigenvalue weighted by atomic mass is 9.58. The number of carbonyl (C=O) groups is 3. The number of primary amides is 1. The monoisotopic (exact) mass is 609 g/mol. The number of halogens is 3. The highest BCUT2D eigenvalue weighted by Gasteiger charge is 2.63. The van der Waals surface area contributed by atoms with Crippen molar-refractivity contribution in [1.82, 2.24) is 9.80 Å². The number of phenolic OH excluding ortho intramolecular Hbond substituents is 1. The van der Waals surface area contributed by atoms with E-state index >= 15 is 0 Å². The van der Waals surface area contributed by atoms with Gasteiger partial charge < -0.3 is 26.2 Å². The first kappa shape index (κ1) is 32.5. The molecule has 43 heavy (non-hydrogen) atoms. The van der Waals surface area contributed by atoms with Gasteiger partial charge in [0, 0.05) is 24.6 Å². The number of allylic oxidation sites excluding steroid dienone is 1. The van der Waals surface area contributed by atoms with E-state index in [-0.39, 0.29) is 23.9 Å². The van der Waals surface area contributed by atoms with E-state index in [4.69, 9.17) is 5.73 Å². The third kappa shape index (κ3) is 5.21. The Labute approximate surface area is 247 Å². The molecule has 0 unspecified atom stereocenters. The van der Waals surface area contributed by atoms with E-state index < -0.39 is 98.7 Å². The lowest BCUT2D eigenvalue weighted by Crippen LogP contribution is -2.63. The van der Waals surface area contributed by atoms with E-state index in [9.17, 15) is 48.0 Å². The Morgan fingerprint density at radius 1 is 1.14 bits per heavy atom. The van der Waals surface area contributed by atoms with E-state index in [0.717, 1.165) is 6.07 Å².